The molecule has 1 atom stereocenters. The quantitative estimate of drug-likeness (QED) is 0.182. The average Bonchev–Trinajstić information content (AvgIpc) is 3.59. The molecule has 1 unspecified atom stereocenters. The second kappa shape index (κ2) is 12.1. The van der Waals surface area contributed by atoms with Crippen molar-refractivity contribution in [1.82, 2.24) is 15.0 Å². The zero-order valence-electron chi connectivity index (χ0n) is 31.1. The Hall–Kier alpha value is -7.23. The highest BCUT2D eigenvalue weighted by Crippen LogP contribution is 2.66. The number of hydrogen-bond acceptors (Lipinski definition) is 3. The van der Waals surface area contributed by atoms with Crippen LogP contribution in [0, 0.1) is 0 Å². The van der Waals surface area contributed by atoms with Crippen LogP contribution in [0.5, 0.6) is 0 Å². The molecule has 0 bridgehead atoms. The normalized spacial score (nSPS) is 16.2. The van der Waals surface area contributed by atoms with Gasteiger partial charge >= 0.3 is 0 Å². The predicted molar refractivity (Wildman–Crippen MR) is 229 cm³/mol. The molecule has 0 fully saturated rings. The lowest BCUT2D eigenvalue weighted by molar-refractivity contribution is 0.545. The van der Waals surface area contributed by atoms with E-state index in [9.17, 15) is 0 Å². The molecule has 2 spiro atoms. The Balaban J connectivity index is 1.27. The van der Waals surface area contributed by atoms with Gasteiger partial charge in [-0.1, -0.05) is 200 Å². The summed E-state index contributed by atoms with van der Waals surface area (Å²) in [5, 5.41) is 0. The lowest BCUT2D eigenvalue weighted by atomic mass is 9.49. The lowest BCUT2D eigenvalue weighted by Crippen LogP contribution is -2.46. The van der Waals surface area contributed by atoms with Crippen LogP contribution in [0.2, 0.25) is 0 Å². The van der Waals surface area contributed by atoms with Gasteiger partial charge in [0.05, 0.1) is 10.8 Å². The average molecular weight is 726 g/mol. The molecule has 0 amide bonds. The molecule has 266 valence electrons. The molecule has 0 saturated heterocycles. The van der Waals surface area contributed by atoms with Gasteiger partial charge in [0.2, 0.25) is 0 Å². The van der Waals surface area contributed by atoms with Crippen LogP contribution in [0.15, 0.2) is 200 Å². The van der Waals surface area contributed by atoms with E-state index in [0.717, 1.165) is 23.1 Å². The number of nitrogens with zero attached hydrogens (tertiary/aromatic N) is 3. The van der Waals surface area contributed by atoms with Crippen molar-refractivity contribution in [3.05, 3.63) is 245 Å². The van der Waals surface area contributed by atoms with Gasteiger partial charge < -0.3 is 0 Å². The van der Waals surface area contributed by atoms with Crippen molar-refractivity contribution in [3.8, 4) is 56.4 Å². The molecular formula is C54H35N3. The third kappa shape index (κ3) is 4.34. The zero-order valence-corrected chi connectivity index (χ0v) is 31.1. The molecular weight excluding hydrogens is 691 g/mol. The minimum absolute atomic E-state index is 0.572. The Morgan fingerprint density at radius 3 is 1.33 bits per heavy atom. The smallest absolute Gasteiger partial charge is 0.164 e. The Labute approximate surface area is 332 Å². The van der Waals surface area contributed by atoms with Gasteiger partial charge in [-0.3, -0.25) is 0 Å². The molecule has 3 aliphatic carbocycles. The van der Waals surface area contributed by atoms with Crippen molar-refractivity contribution >= 4 is 0 Å². The fourth-order valence-electron chi connectivity index (χ4n) is 10.6. The molecule has 3 aliphatic rings. The largest absolute Gasteiger partial charge is 0.208 e. The van der Waals surface area contributed by atoms with E-state index >= 15 is 0 Å². The highest BCUT2D eigenvalue weighted by atomic mass is 15.0. The summed E-state index contributed by atoms with van der Waals surface area (Å²) in [5.74, 6) is 1.98. The van der Waals surface area contributed by atoms with E-state index in [2.05, 4.69) is 164 Å². The summed E-state index contributed by atoms with van der Waals surface area (Å²) in [6, 6.07) is 72.9. The molecule has 3 heteroatoms. The predicted octanol–water partition coefficient (Wildman–Crippen LogP) is 12.1. The fraction of sp³-hybridized carbons (Fsp3) is 0.0556. The summed E-state index contributed by atoms with van der Waals surface area (Å²) in [4.78, 5) is 16.0. The summed E-state index contributed by atoms with van der Waals surface area (Å²) in [7, 11) is 0. The van der Waals surface area contributed by atoms with Crippen molar-refractivity contribution in [3.63, 3.8) is 0 Å². The molecule has 8 aromatic carbocycles. The van der Waals surface area contributed by atoms with Crippen LogP contribution in [0.4, 0.5) is 0 Å². The third-order valence-corrected chi connectivity index (χ3v) is 12.7. The molecule has 0 aliphatic heterocycles. The molecule has 12 rings (SSSR count). The van der Waals surface area contributed by atoms with Crippen molar-refractivity contribution in [2.75, 3.05) is 0 Å². The number of hydrogen-bond donors (Lipinski definition) is 0. The number of rotatable bonds is 3. The Morgan fingerprint density at radius 1 is 0.298 bits per heavy atom. The second-order valence-corrected chi connectivity index (χ2v) is 15.4. The van der Waals surface area contributed by atoms with Crippen LogP contribution in [-0.4, -0.2) is 15.0 Å². The van der Waals surface area contributed by atoms with Crippen LogP contribution in [0.25, 0.3) is 56.4 Å². The van der Waals surface area contributed by atoms with E-state index in [4.69, 9.17) is 15.0 Å². The minimum atomic E-state index is -0.580. The summed E-state index contributed by atoms with van der Waals surface area (Å²) in [5.41, 5.74) is 17.3. The third-order valence-electron chi connectivity index (χ3n) is 12.7. The second-order valence-electron chi connectivity index (χ2n) is 15.4. The summed E-state index contributed by atoms with van der Waals surface area (Å²) < 4.78 is 0. The first kappa shape index (κ1) is 32.1. The van der Waals surface area contributed by atoms with Crippen molar-refractivity contribution < 1.29 is 0 Å². The van der Waals surface area contributed by atoms with Crippen molar-refractivity contribution in [2.24, 2.45) is 0 Å². The van der Waals surface area contributed by atoms with E-state index in [-0.39, 0.29) is 0 Å². The molecule has 1 aromatic heterocycles. The highest BCUT2D eigenvalue weighted by molar-refractivity contribution is 5.92. The van der Waals surface area contributed by atoms with Gasteiger partial charge in [-0.15, -0.1) is 0 Å². The first-order chi connectivity index (χ1) is 28.3. The Morgan fingerprint density at radius 2 is 0.719 bits per heavy atom. The maximum Gasteiger partial charge on any atom is 0.164 e. The van der Waals surface area contributed by atoms with Crippen LogP contribution >= 0.6 is 0 Å². The molecule has 0 radical (unpaired) electrons. The van der Waals surface area contributed by atoms with Crippen LogP contribution in [0.3, 0.4) is 0 Å². The van der Waals surface area contributed by atoms with E-state index < -0.39 is 10.8 Å². The Bertz CT molecular complexity index is 2960. The van der Waals surface area contributed by atoms with E-state index in [0.29, 0.717) is 17.5 Å². The summed E-state index contributed by atoms with van der Waals surface area (Å²) >= 11 is 0. The SMILES string of the molecule is c1ccc(-c2nc(-c3ccccc3)nc(-c3cccc4c3C3(Cc5ccccc5-c5ccccc53)c3ccccc3C43c4ccccc4-c4ccccc43)n2)cc1. The van der Waals surface area contributed by atoms with E-state index in [1.807, 2.05) is 36.4 Å². The number of benzene rings is 8. The van der Waals surface area contributed by atoms with Crippen LogP contribution in [0.1, 0.15) is 44.5 Å². The summed E-state index contributed by atoms with van der Waals surface area (Å²) in [6.07, 6.45) is 0.794. The van der Waals surface area contributed by atoms with Gasteiger partial charge in [-0.05, 0) is 73.2 Å². The maximum atomic E-state index is 5.42. The Kier molecular flexibility index (Phi) is 6.82. The van der Waals surface area contributed by atoms with E-state index in [1.54, 1.807) is 0 Å². The molecule has 1 heterocycles. The number of aromatic nitrogens is 3. The van der Waals surface area contributed by atoms with Crippen molar-refractivity contribution in [2.45, 2.75) is 17.3 Å². The molecule has 0 saturated carbocycles. The maximum absolute atomic E-state index is 5.42. The standard InChI is InChI=1S/C54H35N3/c1-3-18-35(19-4-1)50-55-51(36-20-5-2-6-21-36)57-52(56-50)42-27-17-33-48-49(42)53(34-37-22-7-8-23-38(37)39-24-9-12-28-43(39)53)46-31-15-16-32-47(46)54(48)44-29-13-10-25-40(44)41-26-11-14-30-45(41)54/h1-33H,34H2. The minimum Gasteiger partial charge on any atom is -0.208 e. The zero-order chi connectivity index (χ0) is 37.6. The first-order valence-corrected chi connectivity index (χ1v) is 19.8. The van der Waals surface area contributed by atoms with Crippen LogP contribution < -0.4 is 0 Å². The monoisotopic (exact) mass is 725 g/mol. The van der Waals surface area contributed by atoms with Gasteiger partial charge in [0.1, 0.15) is 0 Å². The lowest BCUT2D eigenvalue weighted by Gasteiger charge is -2.52. The molecule has 3 nitrogen and oxygen atoms in total. The van der Waals surface area contributed by atoms with Crippen molar-refractivity contribution in [1.29, 1.82) is 0 Å². The topological polar surface area (TPSA) is 38.7 Å². The van der Waals surface area contributed by atoms with Gasteiger partial charge in [0.25, 0.3) is 0 Å². The van der Waals surface area contributed by atoms with Crippen LogP contribution in [-0.2, 0) is 17.3 Å². The van der Waals surface area contributed by atoms with Gasteiger partial charge in [0.15, 0.2) is 17.5 Å². The molecule has 57 heavy (non-hydrogen) atoms. The van der Waals surface area contributed by atoms with Gasteiger partial charge in [0, 0.05) is 16.7 Å². The van der Waals surface area contributed by atoms with Gasteiger partial charge in [-0.2, -0.15) is 0 Å². The molecule has 0 N–H and O–H groups in total. The fourth-order valence-corrected chi connectivity index (χ4v) is 10.6. The molecule has 9 aromatic rings. The summed E-state index contributed by atoms with van der Waals surface area (Å²) in [6.45, 7) is 0. The first-order valence-electron chi connectivity index (χ1n) is 19.8. The van der Waals surface area contributed by atoms with Gasteiger partial charge in [-0.25, -0.2) is 15.0 Å². The number of fused-ring (bicyclic) bond motifs is 15. The highest BCUT2D eigenvalue weighted by Gasteiger charge is 2.58. The van der Waals surface area contributed by atoms with E-state index in [1.165, 1.54) is 66.8 Å².